The minimum atomic E-state index is -1.29. The van der Waals surface area contributed by atoms with E-state index in [0.29, 0.717) is 19.3 Å². The number of carbonyl (C=O) groups is 1. The number of amides is 1. The summed E-state index contributed by atoms with van der Waals surface area (Å²) in [5.74, 6) is -0.602. The molecule has 0 aromatic heterocycles. The second-order valence-corrected chi connectivity index (χ2v) is 17.5. The van der Waals surface area contributed by atoms with Gasteiger partial charge in [0.2, 0.25) is 5.91 Å². The normalized spacial score (nSPS) is 14.2. The van der Waals surface area contributed by atoms with Crippen LogP contribution in [0, 0.1) is 0 Å². The Bertz CT molecular complexity index is 919. The fourth-order valence-corrected chi connectivity index (χ4v) is 7.77. The molecular weight excluding hydrogens is 719 g/mol. The molecule has 1 amide bonds. The zero-order valence-corrected chi connectivity index (χ0v) is 38.5. The zero-order valence-electron chi connectivity index (χ0n) is 38.5. The molecule has 0 bridgehead atoms. The molecule has 0 aromatic rings. The monoisotopic (exact) mass is 818 g/mol. The molecule has 0 rings (SSSR count). The summed E-state index contributed by atoms with van der Waals surface area (Å²) >= 11 is 0. The molecule has 4 atom stereocenters. The van der Waals surface area contributed by atoms with E-state index in [1.165, 1.54) is 173 Å². The summed E-state index contributed by atoms with van der Waals surface area (Å²) in [4.78, 5) is 12.5. The van der Waals surface area contributed by atoms with E-state index < -0.39 is 36.9 Å². The van der Waals surface area contributed by atoms with E-state index in [9.17, 15) is 25.2 Å². The SMILES string of the molecule is CCCCCC/C=C\CCCCCCCCC(O)C(=O)NC(CO)C(O)C(O)CCC/C=C/CC/C=C/CCCCCCCCCCCCCCCCCCCCC. The van der Waals surface area contributed by atoms with Crippen LogP contribution in [0.25, 0.3) is 0 Å². The predicted molar refractivity (Wildman–Crippen MR) is 251 cm³/mol. The van der Waals surface area contributed by atoms with E-state index in [-0.39, 0.29) is 0 Å². The Morgan fingerprint density at radius 2 is 0.724 bits per heavy atom. The fourth-order valence-electron chi connectivity index (χ4n) is 7.77. The molecule has 0 heterocycles. The van der Waals surface area contributed by atoms with Crippen molar-refractivity contribution in [1.82, 2.24) is 5.32 Å². The highest BCUT2D eigenvalue weighted by Crippen LogP contribution is 2.16. The Labute approximate surface area is 360 Å². The highest BCUT2D eigenvalue weighted by Gasteiger charge is 2.28. The molecule has 0 aliphatic rings. The van der Waals surface area contributed by atoms with Gasteiger partial charge in [0.15, 0.2) is 0 Å². The minimum Gasteiger partial charge on any atom is -0.394 e. The Balaban J connectivity index is 3.70. The van der Waals surface area contributed by atoms with Crippen molar-refractivity contribution in [3.8, 4) is 0 Å². The molecule has 0 aliphatic heterocycles. The van der Waals surface area contributed by atoms with Gasteiger partial charge >= 0.3 is 0 Å². The van der Waals surface area contributed by atoms with E-state index in [1.54, 1.807) is 0 Å². The fraction of sp³-hybridized carbons (Fsp3) is 0.865. The summed E-state index contributed by atoms with van der Waals surface area (Å²) in [7, 11) is 0. The minimum absolute atomic E-state index is 0.352. The van der Waals surface area contributed by atoms with Crippen molar-refractivity contribution in [2.45, 2.75) is 282 Å². The number of rotatable bonds is 46. The lowest BCUT2D eigenvalue weighted by Crippen LogP contribution is -2.53. The Morgan fingerprint density at radius 3 is 1.10 bits per heavy atom. The van der Waals surface area contributed by atoms with Gasteiger partial charge in [0, 0.05) is 0 Å². The first kappa shape index (κ1) is 56.5. The maximum Gasteiger partial charge on any atom is 0.249 e. The van der Waals surface area contributed by atoms with E-state index in [2.05, 4.69) is 55.6 Å². The number of hydrogen-bond donors (Lipinski definition) is 5. The lowest BCUT2D eigenvalue weighted by atomic mass is 10.00. The topological polar surface area (TPSA) is 110 Å². The summed E-state index contributed by atoms with van der Waals surface area (Å²) in [6.45, 7) is 4.03. The Hall–Kier alpha value is -1.47. The number of hydrogen-bond acceptors (Lipinski definition) is 5. The highest BCUT2D eigenvalue weighted by molar-refractivity contribution is 5.80. The van der Waals surface area contributed by atoms with Crippen molar-refractivity contribution in [2.24, 2.45) is 0 Å². The predicted octanol–water partition coefficient (Wildman–Crippen LogP) is 14.1. The van der Waals surface area contributed by atoms with Crippen molar-refractivity contribution >= 4 is 5.91 Å². The summed E-state index contributed by atoms with van der Waals surface area (Å²) in [5.41, 5.74) is 0. The summed E-state index contributed by atoms with van der Waals surface area (Å²) < 4.78 is 0. The maximum atomic E-state index is 12.5. The van der Waals surface area contributed by atoms with Gasteiger partial charge in [-0.25, -0.2) is 0 Å². The third kappa shape index (κ3) is 40.0. The lowest BCUT2D eigenvalue weighted by Gasteiger charge is -2.27. The van der Waals surface area contributed by atoms with Crippen LogP contribution < -0.4 is 5.32 Å². The lowest BCUT2D eigenvalue weighted by molar-refractivity contribution is -0.132. The second kappa shape index (κ2) is 46.6. The molecule has 0 saturated carbocycles. The molecule has 0 radical (unpaired) electrons. The molecule has 6 heteroatoms. The third-order valence-corrected chi connectivity index (χ3v) is 11.8. The molecule has 4 unspecified atom stereocenters. The van der Waals surface area contributed by atoms with Crippen molar-refractivity contribution in [3.63, 3.8) is 0 Å². The Kier molecular flexibility index (Phi) is 45.4. The molecule has 342 valence electrons. The van der Waals surface area contributed by atoms with Crippen LogP contribution in [0.5, 0.6) is 0 Å². The summed E-state index contributed by atoms with van der Waals surface area (Å²) in [6.07, 6.45) is 56.3. The van der Waals surface area contributed by atoms with Gasteiger partial charge < -0.3 is 25.7 Å². The number of nitrogens with one attached hydrogen (secondary N) is 1. The number of unbranched alkanes of at least 4 members (excludes halogenated alkanes) is 31. The largest absolute Gasteiger partial charge is 0.394 e. The standard InChI is InChI=1S/C52H99NO5/c1-3-5-7-9-11-13-15-17-19-20-21-22-23-24-25-26-27-28-29-30-31-32-34-35-37-39-41-43-45-49(55)51(57)48(47-54)53-52(58)50(56)46-44-42-40-38-36-33-18-16-14-12-10-8-6-4-2/h14,16,31-32,37,39,48-51,54-57H,3-13,15,17-30,33-36,38,40-47H2,1-2H3,(H,53,58)/b16-14-,32-31+,39-37+. The van der Waals surface area contributed by atoms with Gasteiger partial charge in [0.05, 0.1) is 18.8 Å². The Morgan fingerprint density at radius 1 is 0.414 bits per heavy atom. The molecule has 5 N–H and O–H groups in total. The van der Waals surface area contributed by atoms with Gasteiger partial charge in [0.25, 0.3) is 0 Å². The van der Waals surface area contributed by atoms with E-state index in [1.807, 2.05) is 0 Å². The van der Waals surface area contributed by atoms with Crippen LogP contribution in [-0.2, 0) is 4.79 Å². The molecule has 0 fully saturated rings. The molecule has 6 nitrogen and oxygen atoms in total. The van der Waals surface area contributed by atoms with Crippen LogP contribution in [0.2, 0.25) is 0 Å². The van der Waals surface area contributed by atoms with Gasteiger partial charge in [0.1, 0.15) is 12.2 Å². The first-order valence-electron chi connectivity index (χ1n) is 25.4. The molecule has 0 aliphatic carbocycles. The maximum absolute atomic E-state index is 12.5. The number of aliphatic hydroxyl groups is 4. The smallest absolute Gasteiger partial charge is 0.249 e. The van der Waals surface area contributed by atoms with Crippen LogP contribution in [0.15, 0.2) is 36.5 Å². The molecule has 0 spiro atoms. The van der Waals surface area contributed by atoms with E-state index >= 15 is 0 Å². The second-order valence-electron chi connectivity index (χ2n) is 17.5. The average Bonchev–Trinajstić information content (AvgIpc) is 3.23. The van der Waals surface area contributed by atoms with Gasteiger partial charge in [-0.3, -0.25) is 4.79 Å². The average molecular weight is 818 g/mol. The van der Waals surface area contributed by atoms with Gasteiger partial charge in [-0.2, -0.15) is 0 Å². The molecule has 0 saturated heterocycles. The van der Waals surface area contributed by atoms with Crippen molar-refractivity contribution in [1.29, 1.82) is 0 Å². The van der Waals surface area contributed by atoms with Crippen LogP contribution in [0.4, 0.5) is 0 Å². The first-order chi connectivity index (χ1) is 28.5. The highest BCUT2D eigenvalue weighted by atomic mass is 16.3. The van der Waals surface area contributed by atoms with Gasteiger partial charge in [-0.05, 0) is 77.0 Å². The van der Waals surface area contributed by atoms with Gasteiger partial charge in [-0.15, -0.1) is 0 Å². The van der Waals surface area contributed by atoms with Crippen LogP contribution in [0.1, 0.15) is 258 Å². The van der Waals surface area contributed by atoms with Crippen molar-refractivity contribution in [3.05, 3.63) is 36.5 Å². The van der Waals surface area contributed by atoms with Crippen LogP contribution in [0.3, 0.4) is 0 Å². The van der Waals surface area contributed by atoms with Crippen LogP contribution >= 0.6 is 0 Å². The molecule has 58 heavy (non-hydrogen) atoms. The van der Waals surface area contributed by atoms with Gasteiger partial charge in [-0.1, -0.05) is 217 Å². The number of aliphatic hydroxyl groups excluding tert-OH is 4. The van der Waals surface area contributed by atoms with E-state index in [4.69, 9.17) is 0 Å². The summed E-state index contributed by atoms with van der Waals surface area (Å²) in [5, 5.41) is 43.7. The molecular formula is C52H99NO5. The molecule has 0 aromatic carbocycles. The van der Waals surface area contributed by atoms with Crippen molar-refractivity contribution in [2.75, 3.05) is 6.61 Å². The zero-order chi connectivity index (χ0) is 42.4. The van der Waals surface area contributed by atoms with E-state index in [0.717, 1.165) is 51.4 Å². The quantitative estimate of drug-likeness (QED) is 0.0310. The first-order valence-corrected chi connectivity index (χ1v) is 25.4. The third-order valence-electron chi connectivity index (χ3n) is 11.8. The number of allylic oxidation sites excluding steroid dienone is 6. The van der Waals surface area contributed by atoms with Crippen molar-refractivity contribution < 1.29 is 25.2 Å². The summed E-state index contributed by atoms with van der Waals surface area (Å²) in [6, 6.07) is -1.01. The van der Waals surface area contributed by atoms with Crippen LogP contribution in [-0.4, -0.2) is 57.3 Å². The number of carbonyl (C=O) groups excluding carboxylic acids is 1.